The highest BCUT2D eigenvalue weighted by atomic mass is 32.2. The van der Waals surface area contributed by atoms with Gasteiger partial charge in [-0.1, -0.05) is 0 Å². The third-order valence-corrected chi connectivity index (χ3v) is 3.56. The number of ether oxygens (including phenoxy) is 1. The van der Waals surface area contributed by atoms with Crippen LogP contribution in [0, 0.1) is 0 Å². The van der Waals surface area contributed by atoms with Gasteiger partial charge in [-0.2, -0.15) is 11.8 Å². The van der Waals surface area contributed by atoms with Crippen molar-refractivity contribution in [3.63, 3.8) is 0 Å². The van der Waals surface area contributed by atoms with Gasteiger partial charge in [-0.15, -0.1) is 0 Å². The summed E-state index contributed by atoms with van der Waals surface area (Å²) in [6.07, 6.45) is 3.23. The molecule has 0 aliphatic carbocycles. The van der Waals surface area contributed by atoms with Gasteiger partial charge in [0.25, 0.3) is 0 Å². The van der Waals surface area contributed by atoms with Gasteiger partial charge in [0.15, 0.2) is 5.96 Å². The number of hydrogen-bond acceptors (Lipinski definition) is 4. The van der Waals surface area contributed by atoms with Crippen LogP contribution in [0.5, 0.6) is 0 Å². The molecule has 1 fully saturated rings. The van der Waals surface area contributed by atoms with Crippen molar-refractivity contribution >= 4 is 17.7 Å². The Bertz CT molecular complexity index is 245. The third-order valence-electron chi connectivity index (χ3n) is 2.95. The Balaban J connectivity index is 2.14. The third kappa shape index (κ3) is 8.34. The maximum atomic E-state index is 5.34. The fourth-order valence-electron chi connectivity index (χ4n) is 1.92. The van der Waals surface area contributed by atoms with Crippen LogP contribution in [0.1, 0.15) is 13.3 Å². The molecule has 2 N–H and O–H groups in total. The molecule has 112 valence electrons. The molecule has 1 heterocycles. The van der Waals surface area contributed by atoms with Crippen molar-refractivity contribution < 1.29 is 4.74 Å². The molecule has 0 radical (unpaired) electrons. The summed E-state index contributed by atoms with van der Waals surface area (Å²) in [6, 6.07) is 0. The Hall–Kier alpha value is -0.460. The maximum absolute atomic E-state index is 5.34. The second-order valence-corrected chi connectivity index (χ2v) is 5.47. The summed E-state index contributed by atoms with van der Waals surface area (Å²) in [5.74, 6) is 2.05. The van der Waals surface area contributed by atoms with Crippen LogP contribution in [0.15, 0.2) is 4.99 Å². The molecule has 0 aromatic rings. The van der Waals surface area contributed by atoms with Crippen LogP contribution in [0.4, 0.5) is 0 Å². The van der Waals surface area contributed by atoms with Crippen LogP contribution in [-0.2, 0) is 4.74 Å². The minimum atomic E-state index is 0.877. The molecular formula is C13H28N4OS. The van der Waals surface area contributed by atoms with E-state index in [2.05, 4.69) is 33.7 Å². The highest BCUT2D eigenvalue weighted by Gasteiger charge is 2.08. The normalized spacial score (nSPS) is 17.5. The number of aliphatic imine (C=N–C) groups is 1. The van der Waals surface area contributed by atoms with Crippen LogP contribution < -0.4 is 10.6 Å². The molecule has 0 aromatic carbocycles. The number of guanidine groups is 1. The maximum Gasteiger partial charge on any atom is 0.191 e. The van der Waals surface area contributed by atoms with E-state index in [4.69, 9.17) is 4.74 Å². The van der Waals surface area contributed by atoms with E-state index in [9.17, 15) is 0 Å². The minimum absolute atomic E-state index is 0.877. The Morgan fingerprint density at radius 1 is 1.32 bits per heavy atom. The molecule has 19 heavy (non-hydrogen) atoms. The van der Waals surface area contributed by atoms with E-state index in [-0.39, 0.29) is 0 Å². The summed E-state index contributed by atoms with van der Waals surface area (Å²) in [5, 5.41) is 6.62. The number of thioether (sulfide) groups is 1. The standard InChI is InChI=1S/C13H28N4OS/c1-3-14-13(16-6-12-19-2)15-5-4-7-17-8-10-18-11-9-17/h3-12H2,1-2H3,(H2,14,15,16). The second kappa shape index (κ2) is 11.4. The quantitative estimate of drug-likeness (QED) is 0.390. The first-order valence-corrected chi connectivity index (χ1v) is 8.57. The van der Waals surface area contributed by atoms with E-state index in [1.54, 1.807) is 0 Å². The number of morpholine rings is 1. The lowest BCUT2D eigenvalue weighted by molar-refractivity contribution is 0.0377. The van der Waals surface area contributed by atoms with Gasteiger partial charge < -0.3 is 15.4 Å². The highest BCUT2D eigenvalue weighted by Crippen LogP contribution is 1.98. The molecule has 1 aliphatic rings. The van der Waals surface area contributed by atoms with Gasteiger partial charge in [0.1, 0.15) is 0 Å². The first-order chi connectivity index (χ1) is 9.36. The molecule has 0 saturated carbocycles. The minimum Gasteiger partial charge on any atom is -0.379 e. The van der Waals surface area contributed by atoms with Crippen molar-refractivity contribution in [1.82, 2.24) is 15.5 Å². The fraction of sp³-hybridized carbons (Fsp3) is 0.923. The van der Waals surface area contributed by atoms with Crippen molar-refractivity contribution in [2.24, 2.45) is 4.99 Å². The van der Waals surface area contributed by atoms with E-state index in [1.165, 1.54) is 0 Å². The molecule has 0 amide bonds. The Morgan fingerprint density at radius 3 is 2.79 bits per heavy atom. The van der Waals surface area contributed by atoms with Crippen LogP contribution in [0.3, 0.4) is 0 Å². The second-order valence-electron chi connectivity index (χ2n) is 4.49. The molecule has 1 rings (SSSR count). The Labute approximate surface area is 121 Å². The summed E-state index contributed by atoms with van der Waals surface area (Å²) >= 11 is 1.85. The van der Waals surface area contributed by atoms with Crippen LogP contribution >= 0.6 is 11.8 Å². The zero-order chi connectivity index (χ0) is 13.8. The van der Waals surface area contributed by atoms with Gasteiger partial charge in [-0.05, 0) is 19.6 Å². The van der Waals surface area contributed by atoms with Crippen LogP contribution in [0.25, 0.3) is 0 Å². The lowest BCUT2D eigenvalue weighted by Crippen LogP contribution is -2.39. The van der Waals surface area contributed by atoms with E-state index in [0.717, 1.165) is 70.6 Å². The number of nitrogens with zero attached hydrogens (tertiary/aromatic N) is 2. The monoisotopic (exact) mass is 288 g/mol. The van der Waals surface area contributed by atoms with Crippen LogP contribution in [0.2, 0.25) is 0 Å². The van der Waals surface area contributed by atoms with E-state index >= 15 is 0 Å². The van der Waals surface area contributed by atoms with Crippen molar-refractivity contribution in [2.75, 3.05) is 64.5 Å². The molecule has 1 saturated heterocycles. The van der Waals surface area contributed by atoms with Crippen molar-refractivity contribution in [1.29, 1.82) is 0 Å². The molecule has 0 unspecified atom stereocenters. The molecule has 1 aliphatic heterocycles. The predicted octanol–water partition coefficient (Wildman–Crippen LogP) is 0.627. The van der Waals surface area contributed by atoms with Crippen LogP contribution in [-0.4, -0.2) is 75.4 Å². The van der Waals surface area contributed by atoms with E-state index in [1.807, 2.05) is 11.8 Å². The largest absolute Gasteiger partial charge is 0.379 e. The predicted molar refractivity (Wildman–Crippen MR) is 84.2 cm³/mol. The lowest BCUT2D eigenvalue weighted by Gasteiger charge is -2.26. The number of rotatable bonds is 8. The summed E-state index contributed by atoms with van der Waals surface area (Å²) in [6.45, 7) is 9.86. The van der Waals surface area contributed by atoms with Crippen molar-refractivity contribution in [3.8, 4) is 0 Å². The van der Waals surface area contributed by atoms with E-state index in [0.29, 0.717) is 0 Å². The van der Waals surface area contributed by atoms with Gasteiger partial charge in [0, 0.05) is 45.0 Å². The molecule has 0 atom stereocenters. The Kier molecular flexibility index (Phi) is 9.93. The summed E-state index contributed by atoms with van der Waals surface area (Å²) in [4.78, 5) is 7.05. The molecule has 6 heteroatoms. The van der Waals surface area contributed by atoms with Crippen molar-refractivity contribution in [3.05, 3.63) is 0 Å². The van der Waals surface area contributed by atoms with Gasteiger partial charge >= 0.3 is 0 Å². The summed E-state index contributed by atoms with van der Waals surface area (Å²) < 4.78 is 5.34. The smallest absolute Gasteiger partial charge is 0.191 e. The average Bonchev–Trinajstić information content (AvgIpc) is 2.45. The van der Waals surface area contributed by atoms with Gasteiger partial charge in [-0.25, -0.2) is 0 Å². The number of hydrogen-bond donors (Lipinski definition) is 2. The summed E-state index contributed by atoms with van der Waals surface area (Å²) in [5.41, 5.74) is 0. The molecular weight excluding hydrogens is 260 g/mol. The Morgan fingerprint density at radius 2 is 2.11 bits per heavy atom. The average molecular weight is 288 g/mol. The fourth-order valence-corrected chi connectivity index (χ4v) is 2.23. The first-order valence-electron chi connectivity index (χ1n) is 7.18. The zero-order valence-corrected chi connectivity index (χ0v) is 13.1. The molecule has 0 bridgehead atoms. The lowest BCUT2D eigenvalue weighted by atomic mass is 10.3. The zero-order valence-electron chi connectivity index (χ0n) is 12.3. The van der Waals surface area contributed by atoms with E-state index < -0.39 is 0 Å². The highest BCUT2D eigenvalue weighted by molar-refractivity contribution is 7.98. The first kappa shape index (κ1) is 16.6. The molecule has 0 aromatic heterocycles. The van der Waals surface area contributed by atoms with Gasteiger partial charge in [0.05, 0.1) is 13.2 Å². The van der Waals surface area contributed by atoms with Gasteiger partial charge in [-0.3, -0.25) is 9.89 Å². The molecule has 0 spiro atoms. The van der Waals surface area contributed by atoms with Crippen molar-refractivity contribution in [2.45, 2.75) is 13.3 Å². The molecule has 5 nitrogen and oxygen atoms in total. The number of nitrogens with one attached hydrogen (secondary N) is 2. The van der Waals surface area contributed by atoms with Gasteiger partial charge in [0.2, 0.25) is 0 Å². The SMILES string of the molecule is CCNC(=NCCCN1CCOCC1)NCCSC. The summed E-state index contributed by atoms with van der Waals surface area (Å²) in [7, 11) is 0. The topological polar surface area (TPSA) is 48.9 Å².